The van der Waals surface area contributed by atoms with E-state index in [1.165, 1.54) is 30.2 Å². The van der Waals surface area contributed by atoms with Gasteiger partial charge >= 0.3 is 6.03 Å². The van der Waals surface area contributed by atoms with Gasteiger partial charge in [-0.1, -0.05) is 67.1 Å². The first-order valence-corrected chi connectivity index (χ1v) is 17.2. The van der Waals surface area contributed by atoms with Gasteiger partial charge in [-0.05, 0) is 37.1 Å². The average Bonchev–Trinajstić information content (AvgIpc) is 3.70. The van der Waals surface area contributed by atoms with Crippen LogP contribution in [0, 0.1) is 0 Å². The molecule has 4 heterocycles. The van der Waals surface area contributed by atoms with E-state index in [9.17, 15) is 24.9 Å². The number of hydrogen-bond acceptors (Lipinski definition) is 11. The fraction of sp³-hybridized carbons (Fsp3) is 0.457. The summed E-state index contributed by atoms with van der Waals surface area (Å²) in [5.41, 5.74) is 2.66. The zero-order chi connectivity index (χ0) is 34.9. The summed E-state index contributed by atoms with van der Waals surface area (Å²) in [5, 5.41) is 42.6. The van der Waals surface area contributed by atoms with E-state index >= 15 is 0 Å². The molecule has 2 aliphatic rings. The van der Waals surface area contributed by atoms with Gasteiger partial charge in [-0.2, -0.15) is 0 Å². The van der Waals surface area contributed by atoms with Crippen molar-refractivity contribution in [1.29, 1.82) is 0 Å². The lowest BCUT2D eigenvalue weighted by Crippen LogP contribution is -2.43. The van der Waals surface area contributed by atoms with Crippen molar-refractivity contribution in [2.75, 3.05) is 57.7 Å². The van der Waals surface area contributed by atoms with Gasteiger partial charge in [0.15, 0.2) is 23.2 Å². The molecule has 3 amide bonds. The van der Waals surface area contributed by atoms with E-state index < -0.39 is 37.1 Å². The molecule has 0 bridgehead atoms. The van der Waals surface area contributed by atoms with Crippen molar-refractivity contribution >= 4 is 28.9 Å². The van der Waals surface area contributed by atoms with Crippen molar-refractivity contribution in [2.24, 2.45) is 0 Å². The molecule has 2 aromatic heterocycles. The van der Waals surface area contributed by atoms with E-state index in [1.54, 1.807) is 0 Å². The molecule has 2 fully saturated rings. The maximum atomic E-state index is 13.4. The molecule has 0 spiro atoms. The van der Waals surface area contributed by atoms with Crippen LogP contribution in [0.3, 0.4) is 0 Å². The summed E-state index contributed by atoms with van der Waals surface area (Å²) in [5.74, 6) is -0.540. The maximum absolute atomic E-state index is 13.4. The predicted octanol–water partition coefficient (Wildman–Crippen LogP) is 1.20. The standard InChI is InChI=1S/C35H45N9O6/c45-21-26-28(46)29(47)34(50-26)44-22-40-27-30(39-20-25(23-10-4-1-5-11-23)24-12-6-2-7-13-24)41-31(42-32(27)44)33(48)36-14-15-37-35(49)38-16-19-43-17-8-3-9-18-43/h1-2,4-7,10-13,22,25-26,28-29,34,45-47H,3,8-9,14-21H2,(H,36,48)(H2,37,38,49)(H,39,41,42)/t26-,28-,29+,34-/m1/s1. The van der Waals surface area contributed by atoms with Gasteiger partial charge in [-0.25, -0.2) is 19.7 Å². The van der Waals surface area contributed by atoms with Gasteiger partial charge in [0.25, 0.3) is 5.91 Å². The molecular weight excluding hydrogens is 642 g/mol. The molecule has 2 aliphatic heterocycles. The maximum Gasteiger partial charge on any atom is 0.314 e. The first kappa shape index (κ1) is 35.2. The molecule has 0 unspecified atom stereocenters. The van der Waals surface area contributed by atoms with Crippen LogP contribution in [0.15, 0.2) is 67.0 Å². The number of carbonyl (C=O) groups excluding carboxylic acids is 2. The topological polar surface area (TPSA) is 199 Å². The fourth-order valence-electron chi connectivity index (χ4n) is 6.44. The van der Waals surface area contributed by atoms with Crippen molar-refractivity contribution in [1.82, 2.24) is 40.4 Å². The first-order chi connectivity index (χ1) is 24.4. The SMILES string of the molecule is O=C(NCCNC(=O)c1nc(NCC(c2ccccc2)c2ccccc2)c2ncn([C@@H]3O[C@H](CO)[C@@H](O)[C@@H]3O)c2n1)NCCN1CCCCC1. The van der Waals surface area contributed by atoms with Crippen LogP contribution in [0.4, 0.5) is 10.6 Å². The molecule has 0 aliphatic carbocycles. The Bertz CT molecular complexity index is 1660. The molecule has 4 atom stereocenters. The number of nitrogens with zero attached hydrogens (tertiary/aromatic N) is 5. The number of likely N-dealkylation sites (tertiary alicyclic amines) is 1. The van der Waals surface area contributed by atoms with E-state index in [2.05, 4.69) is 41.1 Å². The van der Waals surface area contributed by atoms with Crippen molar-refractivity contribution in [3.8, 4) is 0 Å². The molecule has 50 heavy (non-hydrogen) atoms. The number of benzene rings is 2. The molecule has 0 saturated carbocycles. The van der Waals surface area contributed by atoms with Crippen molar-refractivity contribution < 1.29 is 29.6 Å². The number of piperidine rings is 1. The number of hydrogen-bond donors (Lipinski definition) is 7. The van der Waals surface area contributed by atoms with Gasteiger partial charge in [-0.15, -0.1) is 0 Å². The van der Waals surface area contributed by atoms with Crippen LogP contribution in [0.2, 0.25) is 0 Å². The summed E-state index contributed by atoms with van der Waals surface area (Å²) in [6, 6.07) is 19.7. The van der Waals surface area contributed by atoms with Gasteiger partial charge in [0.05, 0.1) is 12.9 Å². The number of rotatable bonds is 14. The monoisotopic (exact) mass is 687 g/mol. The molecule has 15 nitrogen and oxygen atoms in total. The number of aliphatic hydroxyl groups excluding tert-OH is 3. The zero-order valence-electron chi connectivity index (χ0n) is 27.8. The number of aliphatic hydroxyl groups is 3. The van der Waals surface area contributed by atoms with Crippen LogP contribution in [0.5, 0.6) is 0 Å². The van der Waals surface area contributed by atoms with Gasteiger partial charge in [-0.3, -0.25) is 9.36 Å². The number of fused-ring (bicyclic) bond motifs is 1. The molecule has 2 aromatic carbocycles. The number of imidazole rings is 1. The fourth-order valence-corrected chi connectivity index (χ4v) is 6.44. The summed E-state index contributed by atoms with van der Waals surface area (Å²) < 4.78 is 7.17. The second kappa shape index (κ2) is 16.8. The molecule has 2 saturated heterocycles. The van der Waals surface area contributed by atoms with Crippen LogP contribution < -0.4 is 21.3 Å². The minimum atomic E-state index is -1.38. The molecule has 266 valence electrons. The Kier molecular flexibility index (Phi) is 11.8. The third kappa shape index (κ3) is 8.37. The summed E-state index contributed by atoms with van der Waals surface area (Å²) >= 11 is 0. The van der Waals surface area contributed by atoms with Crippen LogP contribution in [0.25, 0.3) is 11.2 Å². The summed E-state index contributed by atoms with van der Waals surface area (Å²) in [6.07, 6.45) is 0.176. The molecule has 0 radical (unpaired) electrons. The van der Waals surface area contributed by atoms with Crippen LogP contribution in [-0.4, -0.2) is 122 Å². The smallest absolute Gasteiger partial charge is 0.314 e. The Morgan fingerprint density at radius 2 is 1.52 bits per heavy atom. The lowest BCUT2D eigenvalue weighted by Gasteiger charge is -2.26. The Morgan fingerprint density at radius 3 is 2.18 bits per heavy atom. The molecule has 15 heteroatoms. The highest BCUT2D eigenvalue weighted by Gasteiger charge is 2.44. The summed E-state index contributed by atoms with van der Waals surface area (Å²) in [4.78, 5) is 41.6. The van der Waals surface area contributed by atoms with Crippen LogP contribution >= 0.6 is 0 Å². The number of ether oxygens (including phenoxy) is 1. The third-order valence-electron chi connectivity index (χ3n) is 9.15. The minimum absolute atomic E-state index is 0.0701. The van der Waals surface area contributed by atoms with Gasteiger partial charge in [0.2, 0.25) is 5.82 Å². The number of aromatic nitrogens is 4. The van der Waals surface area contributed by atoms with Gasteiger partial charge < -0.3 is 46.2 Å². The Hall–Kier alpha value is -4.67. The molecule has 6 rings (SSSR count). The van der Waals surface area contributed by atoms with Gasteiger partial charge in [0.1, 0.15) is 18.3 Å². The lowest BCUT2D eigenvalue weighted by molar-refractivity contribution is -0.0511. The summed E-state index contributed by atoms with van der Waals surface area (Å²) in [6.45, 7) is 3.67. The average molecular weight is 688 g/mol. The van der Waals surface area contributed by atoms with E-state index in [0.717, 1.165) is 30.8 Å². The second-order valence-electron chi connectivity index (χ2n) is 12.5. The van der Waals surface area contributed by atoms with Crippen LogP contribution in [-0.2, 0) is 4.74 Å². The number of carbonyl (C=O) groups is 2. The Labute approximate surface area is 290 Å². The van der Waals surface area contributed by atoms with E-state index in [4.69, 9.17) is 4.74 Å². The first-order valence-electron chi connectivity index (χ1n) is 17.2. The highest BCUT2D eigenvalue weighted by molar-refractivity contribution is 5.94. The van der Waals surface area contributed by atoms with E-state index in [-0.39, 0.29) is 42.3 Å². The van der Waals surface area contributed by atoms with Crippen molar-refractivity contribution in [3.63, 3.8) is 0 Å². The molecule has 7 N–H and O–H groups in total. The lowest BCUT2D eigenvalue weighted by atomic mass is 9.91. The third-order valence-corrected chi connectivity index (χ3v) is 9.15. The number of nitrogens with one attached hydrogen (secondary N) is 4. The van der Waals surface area contributed by atoms with E-state index in [0.29, 0.717) is 18.6 Å². The number of amides is 3. The van der Waals surface area contributed by atoms with E-state index in [1.807, 2.05) is 60.7 Å². The quantitative estimate of drug-likeness (QED) is 0.0941. The predicted molar refractivity (Wildman–Crippen MR) is 186 cm³/mol. The summed E-state index contributed by atoms with van der Waals surface area (Å²) in [7, 11) is 0. The Balaban J connectivity index is 1.17. The van der Waals surface area contributed by atoms with Gasteiger partial charge in [0, 0.05) is 38.6 Å². The van der Waals surface area contributed by atoms with Crippen molar-refractivity contribution in [3.05, 3.63) is 83.9 Å². The molecular formula is C35H45N9O6. The van der Waals surface area contributed by atoms with Crippen LogP contribution in [0.1, 0.15) is 53.2 Å². The highest BCUT2D eigenvalue weighted by atomic mass is 16.6. The highest BCUT2D eigenvalue weighted by Crippen LogP contribution is 2.33. The minimum Gasteiger partial charge on any atom is -0.394 e. The normalized spacial score (nSPS) is 21.0. The molecule has 4 aromatic rings. The number of urea groups is 1. The largest absolute Gasteiger partial charge is 0.394 e. The zero-order valence-corrected chi connectivity index (χ0v) is 27.8. The Morgan fingerprint density at radius 1 is 0.860 bits per heavy atom. The van der Waals surface area contributed by atoms with Crippen molar-refractivity contribution in [2.45, 2.75) is 49.7 Å². The number of anilines is 1. The second-order valence-corrected chi connectivity index (χ2v) is 12.5.